The summed E-state index contributed by atoms with van der Waals surface area (Å²) in [6, 6.07) is 18.8. The quantitative estimate of drug-likeness (QED) is 0.188. The molecule has 0 radical (unpaired) electrons. The smallest absolute Gasteiger partial charge is 0.316 e. The number of imidazole rings is 1. The highest BCUT2D eigenvalue weighted by Gasteiger charge is 2.52. The summed E-state index contributed by atoms with van der Waals surface area (Å²) >= 11 is 6.06. The molecule has 3 fully saturated rings. The van der Waals surface area contributed by atoms with Crippen LogP contribution in [0.2, 0.25) is 5.02 Å². The van der Waals surface area contributed by atoms with Gasteiger partial charge in [-0.05, 0) is 93.1 Å². The third-order valence-corrected chi connectivity index (χ3v) is 10.8. The first-order valence-electron chi connectivity index (χ1n) is 16.6. The Labute approximate surface area is 278 Å². The van der Waals surface area contributed by atoms with Crippen molar-refractivity contribution in [3.05, 3.63) is 94.0 Å². The molecule has 4 aliphatic rings. The minimum absolute atomic E-state index is 0.164. The van der Waals surface area contributed by atoms with E-state index in [4.69, 9.17) is 35.5 Å². The van der Waals surface area contributed by atoms with Gasteiger partial charge in [0.2, 0.25) is 5.79 Å². The summed E-state index contributed by atoms with van der Waals surface area (Å²) in [5, 5.41) is 0.331. The number of carbonyl (C=O) groups excluding carboxylic acids is 1. The second kappa shape index (κ2) is 11.9. The first kappa shape index (κ1) is 30.8. The van der Waals surface area contributed by atoms with Crippen LogP contribution in [0.25, 0.3) is 11.0 Å². The van der Waals surface area contributed by atoms with E-state index in [0.717, 1.165) is 92.1 Å². The number of para-hydroxylation sites is 1. The fourth-order valence-corrected chi connectivity index (χ4v) is 7.81. The van der Waals surface area contributed by atoms with Crippen LogP contribution in [0.1, 0.15) is 67.6 Å². The second-order valence-electron chi connectivity index (χ2n) is 13.6. The fourth-order valence-electron chi connectivity index (χ4n) is 7.65. The topological polar surface area (TPSA) is 75.0 Å². The van der Waals surface area contributed by atoms with Crippen LogP contribution in [0.3, 0.4) is 0 Å². The summed E-state index contributed by atoms with van der Waals surface area (Å²) in [5.41, 5.74) is 3.76. The number of methoxy groups -OCH3 is 1. The number of piperidine rings is 1. The van der Waals surface area contributed by atoms with Gasteiger partial charge in [-0.2, -0.15) is 0 Å². The van der Waals surface area contributed by atoms with Crippen LogP contribution in [0.5, 0.6) is 5.75 Å². The molecule has 0 N–H and O–H groups in total. The molecule has 246 valence electrons. The molecule has 1 aliphatic carbocycles. The van der Waals surface area contributed by atoms with Crippen LogP contribution in [-0.2, 0) is 43.3 Å². The van der Waals surface area contributed by atoms with Crippen LogP contribution in [-0.4, -0.2) is 53.3 Å². The number of aromatic nitrogens is 2. The molecule has 8 nitrogen and oxygen atoms in total. The lowest BCUT2D eigenvalue weighted by Crippen LogP contribution is -2.43. The third kappa shape index (κ3) is 5.51. The van der Waals surface area contributed by atoms with Crippen molar-refractivity contribution in [3.8, 4) is 5.75 Å². The molecule has 4 aromatic rings. The number of benzene rings is 3. The van der Waals surface area contributed by atoms with Crippen molar-refractivity contribution in [1.82, 2.24) is 14.5 Å². The molecular formula is C37H39ClFN3O5. The Morgan fingerprint density at radius 2 is 1.87 bits per heavy atom. The highest BCUT2D eigenvalue weighted by atomic mass is 35.5. The van der Waals surface area contributed by atoms with Gasteiger partial charge in [-0.1, -0.05) is 35.9 Å². The van der Waals surface area contributed by atoms with Crippen molar-refractivity contribution in [2.24, 2.45) is 5.92 Å². The molecule has 10 heteroatoms. The molecule has 8 rings (SSSR count). The van der Waals surface area contributed by atoms with E-state index >= 15 is 4.39 Å². The maximum absolute atomic E-state index is 15.1. The van der Waals surface area contributed by atoms with E-state index in [-0.39, 0.29) is 24.1 Å². The summed E-state index contributed by atoms with van der Waals surface area (Å²) in [6.07, 6.45) is 4.39. The number of likely N-dealkylation sites (tertiary alicyclic amines) is 1. The molecule has 2 saturated heterocycles. The SMILES string of the molecule is COC(=O)C1(c2ccc3nc(CN4CCC(C5OC(C)(c6ccc(Cl)cc6F)Oc6ccccc65)CC4)n(C[C@@H]4CCO4)c3c2)CC1. The van der Waals surface area contributed by atoms with Crippen LogP contribution in [0.15, 0.2) is 60.7 Å². The zero-order chi connectivity index (χ0) is 32.3. The maximum Gasteiger partial charge on any atom is 0.316 e. The Morgan fingerprint density at radius 1 is 1.09 bits per heavy atom. The van der Waals surface area contributed by atoms with Gasteiger partial charge in [0.05, 0.1) is 54.4 Å². The second-order valence-corrected chi connectivity index (χ2v) is 14.0. The lowest BCUT2D eigenvalue weighted by Gasteiger charge is -2.44. The highest BCUT2D eigenvalue weighted by molar-refractivity contribution is 6.30. The standard InChI is InChI=1S/C37H39ClFN3O5/c1-36(28-9-8-25(38)20-29(28)39)46-32-6-4-3-5-27(32)34(47-36)23-11-16-41(17-12-23)22-33-40-30-10-7-24(37(14-15-37)35(43)44-2)19-31(30)42(33)21-26-13-18-45-26/h3-10,19-20,23,26,34H,11-18,21-22H2,1-2H3/t26-,34?,36?/m0/s1. The molecule has 47 heavy (non-hydrogen) atoms. The van der Waals surface area contributed by atoms with E-state index in [1.807, 2.05) is 30.3 Å². The molecule has 2 unspecified atom stereocenters. The number of ether oxygens (including phenoxy) is 4. The van der Waals surface area contributed by atoms with Crippen molar-refractivity contribution in [2.75, 3.05) is 26.8 Å². The molecule has 1 aromatic heterocycles. The summed E-state index contributed by atoms with van der Waals surface area (Å²) < 4.78 is 41.5. The number of rotatable bonds is 8. The highest BCUT2D eigenvalue weighted by Crippen LogP contribution is 2.50. The molecule has 3 aliphatic heterocycles. The average molecular weight is 660 g/mol. The summed E-state index contributed by atoms with van der Waals surface area (Å²) in [6.45, 7) is 5.78. The number of nitrogens with zero attached hydrogens (tertiary/aromatic N) is 3. The Bertz CT molecular complexity index is 1830. The van der Waals surface area contributed by atoms with E-state index in [1.165, 1.54) is 13.2 Å². The van der Waals surface area contributed by atoms with Crippen molar-refractivity contribution in [1.29, 1.82) is 0 Å². The largest absolute Gasteiger partial charge is 0.468 e. The molecule has 1 saturated carbocycles. The van der Waals surface area contributed by atoms with Gasteiger partial charge < -0.3 is 23.5 Å². The van der Waals surface area contributed by atoms with E-state index < -0.39 is 17.0 Å². The van der Waals surface area contributed by atoms with Crippen molar-refractivity contribution < 1.29 is 28.1 Å². The van der Waals surface area contributed by atoms with Crippen molar-refractivity contribution in [2.45, 2.75) is 75.5 Å². The molecule has 4 heterocycles. The van der Waals surface area contributed by atoms with Gasteiger partial charge in [0, 0.05) is 24.1 Å². The summed E-state index contributed by atoms with van der Waals surface area (Å²) in [4.78, 5) is 20.2. The number of esters is 1. The van der Waals surface area contributed by atoms with Crippen LogP contribution in [0.4, 0.5) is 4.39 Å². The summed E-state index contributed by atoms with van der Waals surface area (Å²) in [5.74, 6) is 0.0482. The van der Waals surface area contributed by atoms with E-state index in [1.54, 1.807) is 19.1 Å². The Hall–Kier alpha value is -3.50. The fraction of sp³-hybridized carbons (Fsp3) is 0.459. The molecule has 0 spiro atoms. The Balaban J connectivity index is 1.02. The summed E-state index contributed by atoms with van der Waals surface area (Å²) in [7, 11) is 1.46. The van der Waals surface area contributed by atoms with Crippen LogP contribution >= 0.6 is 11.6 Å². The van der Waals surface area contributed by atoms with E-state index in [9.17, 15) is 4.79 Å². The normalized spacial score (nSPS) is 25.5. The lowest BCUT2D eigenvalue weighted by atomic mass is 9.85. The Kier molecular flexibility index (Phi) is 7.79. The number of carbonyl (C=O) groups is 1. The number of halogens is 2. The first-order valence-corrected chi connectivity index (χ1v) is 17.0. The van der Waals surface area contributed by atoms with Gasteiger partial charge in [-0.3, -0.25) is 9.69 Å². The van der Waals surface area contributed by atoms with Gasteiger partial charge in [0.25, 0.3) is 0 Å². The molecule has 0 amide bonds. The van der Waals surface area contributed by atoms with Crippen molar-refractivity contribution >= 4 is 28.6 Å². The molecule has 0 bridgehead atoms. The lowest BCUT2D eigenvalue weighted by molar-refractivity contribution is -0.243. The average Bonchev–Trinajstić information content (AvgIpc) is 3.79. The van der Waals surface area contributed by atoms with Crippen molar-refractivity contribution in [3.63, 3.8) is 0 Å². The molecule has 3 aromatic carbocycles. The maximum atomic E-state index is 15.1. The number of hydrogen-bond donors (Lipinski definition) is 0. The number of fused-ring (bicyclic) bond motifs is 2. The van der Waals surface area contributed by atoms with Gasteiger partial charge in [-0.15, -0.1) is 0 Å². The molecular weight excluding hydrogens is 621 g/mol. The zero-order valence-electron chi connectivity index (χ0n) is 26.7. The van der Waals surface area contributed by atoms with Gasteiger partial charge in [0.15, 0.2) is 0 Å². The van der Waals surface area contributed by atoms with Gasteiger partial charge >= 0.3 is 5.97 Å². The number of hydrogen-bond acceptors (Lipinski definition) is 7. The Morgan fingerprint density at radius 3 is 2.57 bits per heavy atom. The zero-order valence-corrected chi connectivity index (χ0v) is 27.5. The van der Waals surface area contributed by atoms with Gasteiger partial charge in [-0.25, -0.2) is 9.37 Å². The predicted molar refractivity (Wildman–Crippen MR) is 175 cm³/mol. The molecule has 3 atom stereocenters. The van der Waals surface area contributed by atoms with Crippen LogP contribution < -0.4 is 4.74 Å². The monoisotopic (exact) mass is 659 g/mol. The minimum atomic E-state index is -1.29. The van der Waals surface area contributed by atoms with E-state index in [2.05, 4.69) is 21.6 Å². The van der Waals surface area contributed by atoms with Crippen LogP contribution in [0, 0.1) is 11.7 Å². The first-order chi connectivity index (χ1) is 22.8. The third-order valence-electron chi connectivity index (χ3n) is 10.6. The minimum Gasteiger partial charge on any atom is -0.468 e. The van der Waals surface area contributed by atoms with Gasteiger partial charge in [0.1, 0.15) is 17.4 Å². The van der Waals surface area contributed by atoms with E-state index in [0.29, 0.717) is 17.1 Å². The predicted octanol–water partition coefficient (Wildman–Crippen LogP) is 7.06.